The Balaban J connectivity index is 2.74. The van der Waals surface area contributed by atoms with Gasteiger partial charge in [-0.25, -0.2) is 0 Å². The smallest absolute Gasteiger partial charge is 0.251 e. The van der Waals surface area contributed by atoms with E-state index >= 15 is 0 Å². The zero-order valence-corrected chi connectivity index (χ0v) is 11.5. The number of benzene rings is 1. The van der Waals surface area contributed by atoms with Crippen molar-refractivity contribution in [3.63, 3.8) is 0 Å². The molecule has 2 nitrogen and oxygen atoms in total. The maximum atomic E-state index is 11.8. The van der Waals surface area contributed by atoms with Gasteiger partial charge in [-0.15, -0.1) is 0 Å². The van der Waals surface area contributed by atoms with Crippen LogP contribution in [0.2, 0.25) is 0 Å². The minimum absolute atomic E-state index is 0.00162. The highest BCUT2D eigenvalue weighted by Crippen LogP contribution is 2.11. The van der Waals surface area contributed by atoms with Crippen molar-refractivity contribution < 1.29 is 4.79 Å². The number of carbonyl (C=O) groups excluding carboxylic acids is 1. The fourth-order valence-corrected chi connectivity index (χ4v) is 1.43. The minimum atomic E-state index is -0.139. The molecule has 0 aliphatic rings. The molecule has 1 aromatic carbocycles. The van der Waals surface area contributed by atoms with E-state index in [1.807, 2.05) is 38.1 Å². The summed E-state index contributed by atoms with van der Waals surface area (Å²) in [5.41, 5.74) is 0.581. The summed E-state index contributed by atoms with van der Waals surface area (Å²) in [6.45, 7) is 6.11. The first kappa shape index (κ1) is 12.5. The van der Waals surface area contributed by atoms with E-state index in [1.165, 1.54) is 0 Å². The van der Waals surface area contributed by atoms with Crippen LogP contribution in [-0.2, 0) is 0 Å². The first-order valence-electron chi connectivity index (χ1n) is 5.03. The van der Waals surface area contributed by atoms with Crippen molar-refractivity contribution in [2.45, 2.75) is 32.7 Å². The predicted molar refractivity (Wildman–Crippen MR) is 71.0 cm³/mol. The lowest BCUT2D eigenvalue weighted by Crippen LogP contribution is -2.42. The molecule has 0 unspecified atom stereocenters. The SMILES string of the molecule is CCC(C)(C)NC(=O)c1ccc(I)cc1. The molecule has 15 heavy (non-hydrogen) atoms. The third-order valence-electron chi connectivity index (χ3n) is 2.44. The van der Waals surface area contributed by atoms with E-state index in [2.05, 4.69) is 34.8 Å². The summed E-state index contributed by atoms with van der Waals surface area (Å²) in [5.74, 6) is -0.00162. The molecule has 1 aromatic rings. The zero-order chi connectivity index (χ0) is 11.5. The molecule has 1 rings (SSSR count). The average Bonchev–Trinajstić information content (AvgIpc) is 2.18. The number of hydrogen-bond donors (Lipinski definition) is 1. The van der Waals surface area contributed by atoms with Crippen LogP contribution in [0.4, 0.5) is 0 Å². The highest BCUT2D eigenvalue weighted by Gasteiger charge is 2.18. The molecule has 0 bridgehead atoms. The largest absolute Gasteiger partial charge is 0.347 e. The number of halogens is 1. The van der Waals surface area contributed by atoms with E-state index < -0.39 is 0 Å². The third kappa shape index (κ3) is 3.81. The number of nitrogens with one attached hydrogen (secondary N) is 1. The van der Waals surface area contributed by atoms with Crippen LogP contribution in [-0.4, -0.2) is 11.4 Å². The van der Waals surface area contributed by atoms with E-state index in [9.17, 15) is 4.79 Å². The second-order valence-electron chi connectivity index (χ2n) is 4.20. The second kappa shape index (κ2) is 4.96. The lowest BCUT2D eigenvalue weighted by molar-refractivity contribution is 0.0911. The number of hydrogen-bond acceptors (Lipinski definition) is 1. The van der Waals surface area contributed by atoms with Gasteiger partial charge in [-0.2, -0.15) is 0 Å². The van der Waals surface area contributed by atoms with Crippen LogP contribution in [0.1, 0.15) is 37.6 Å². The maximum Gasteiger partial charge on any atom is 0.251 e. The third-order valence-corrected chi connectivity index (χ3v) is 3.16. The Morgan fingerprint density at radius 1 is 1.33 bits per heavy atom. The van der Waals surface area contributed by atoms with E-state index in [0.29, 0.717) is 0 Å². The van der Waals surface area contributed by atoms with Crippen LogP contribution in [0.5, 0.6) is 0 Å². The average molecular weight is 317 g/mol. The Hall–Kier alpha value is -0.580. The quantitative estimate of drug-likeness (QED) is 0.852. The normalized spacial score (nSPS) is 11.2. The van der Waals surface area contributed by atoms with Gasteiger partial charge in [0, 0.05) is 14.7 Å². The molecule has 1 N–H and O–H groups in total. The Morgan fingerprint density at radius 2 is 1.87 bits per heavy atom. The molecule has 3 heteroatoms. The Morgan fingerprint density at radius 3 is 2.33 bits per heavy atom. The van der Waals surface area contributed by atoms with Crippen molar-refractivity contribution in [2.24, 2.45) is 0 Å². The molecule has 0 atom stereocenters. The van der Waals surface area contributed by atoms with Crippen LogP contribution in [0, 0.1) is 3.57 Å². The molecular formula is C12H16INO. The molecule has 0 aromatic heterocycles. The zero-order valence-electron chi connectivity index (χ0n) is 9.30. The standard InChI is InChI=1S/C12H16INO/c1-4-12(2,3)14-11(15)9-5-7-10(13)8-6-9/h5-8H,4H2,1-3H3,(H,14,15). The lowest BCUT2D eigenvalue weighted by atomic mass is 10.0. The maximum absolute atomic E-state index is 11.8. The van der Waals surface area contributed by atoms with Crippen LogP contribution in [0.25, 0.3) is 0 Å². The first-order chi connectivity index (χ1) is 6.94. The summed E-state index contributed by atoms with van der Waals surface area (Å²) >= 11 is 2.22. The van der Waals surface area contributed by atoms with Crippen LogP contribution in [0.3, 0.4) is 0 Å². The van der Waals surface area contributed by atoms with Gasteiger partial charge in [0.25, 0.3) is 5.91 Å². The summed E-state index contributed by atoms with van der Waals surface area (Å²) in [4.78, 5) is 11.8. The highest BCUT2D eigenvalue weighted by molar-refractivity contribution is 14.1. The van der Waals surface area contributed by atoms with Gasteiger partial charge in [-0.3, -0.25) is 4.79 Å². The van der Waals surface area contributed by atoms with Crippen LogP contribution >= 0.6 is 22.6 Å². The Bertz CT molecular complexity index is 343. The van der Waals surface area contributed by atoms with Crippen molar-refractivity contribution in [2.75, 3.05) is 0 Å². The van der Waals surface area contributed by atoms with Gasteiger partial charge in [-0.1, -0.05) is 6.92 Å². The van der Waals surface area contributed by atoms with E-state index in [4.69, 9.17) is 0 Å². The van der Waals surface area contributed by atoms with Gasteiger partial charge in [0.2, 0.25) is 0 Å². The Kier molecular flexibility index (Phi) is 4.13. The van der Waals surface area contributed by atoms with Crippen molar-refractivity contribution in [3.8, 4) is 0 Å². The van der Waals surface area contributed by atoms with E-state index in [1.54, 1.807) is 0 Å². The highest BCUT2D eigenvalue weighted by atomic mass is 127. The van der Waals surface area contributed by atoms with Gasteiger partial charge in [0.15, 0.2) is 0 Å². The van der Waals surface area contributed by atoms with Crippen molar-refractivity contribution in [1.29, 1.82) is 0 Å². The minimum Gasteiger partial charge on any atom is -0.347 e. The van der Waals surface area contributed by atoms with E-state index in [0.717, 1.165) is 15.6 Å². The first-order valence-corrected chi connectivity index (χ1v) is 6.10. The summed E-state index contributed by atoms with van der Waals surface area (Å²) in [5, 5.41) is 3.00. The molecule has 1 amide bonds. The molecular weight excluding hydrogens is 301 g/mol. The van der Waals surface area contributed by atoms with Gasteiger partial charge in [0.05, 0.1) is 0 Å². The molecule has 0 saturated heterocycles. The number of amides is 1. The fraction of sp³-hybridized carbons (Fsp3) is 0.417. The fourth-order valence-electron chi connectivity index (χ4n) is 1.07. The molecule has 0 aliphatic heterocycles. The Labute approximate surface area is 105 Å². The molecule has 0 fully saturated rings. The topological polar surface area (TPSA) is 29.1 Å². The lowest BCUT2D eigenvalue weighted by Gasteiger charge is -2.24. The molecule has 0 spiro atoms. The van der Waals surface area contributed by atoms with E-state index in [-0.39, 0.29) is 11.4 Å². The van der Waals surface area contributed by atoms with Crippen molar-refractivity contribution in [1.82, 2.24) is 5.32 Å². The van der Waals surface area contributed by atoms with Crippen LogP contribution < -0.4 is 5.32 Å². The van der Waals surface area contributed by atoms with Gasteiger partial charge in [-0.05, 0) is 67.1 Å². The molecule has 0 aliphatic carbocycles. The molecule has 0 heterocycles. The molecule has 82 valence electrons. The summed E-state index contributed by atoms with van der Waals surface area (Å²) in [6, 6.07) is 7.58. The van der Waals surface area contributed by atoms with Gasteiger partial charge < -0.3 is 5.32 Å². The number of rotatable bonds is 3. The summed E-state index contributed by atoms with van der Waals surface area (Å²) in [7, 11) is 0. The molecule has 0 radical (unpaired) electrons. The van der Waals surface area contributed by atoms with Gasteiger partial charge in [0.1, 0.15) is 0 Å². The molecule has 0 saturated carbocycles. The van der Waals surface area contributed by atoms with Crippen LogP contribution in [0.15, 0.2) is 24.3 Å². The van der Waals surface area contributed by atoms with Gasteiger partial charge >= 0.3 is 0 Å². The monoisotopic (exact) mass is 317 g/mol. The van der Waals surface area contributed by atoms with Crippen molar-refractivity contribution >= 4 is 28.5 Å². The number of carbonyl (C=O) groups is 1. The second-order valence-corrected chi connectivity index (χ2v) is 5.44. The summed E-state index contributed by atoms with van der Waals surface area (Å²) < 4.78 is 1.14. The van der Waals surface area contributed by atoms with Crippen molar-refractivity contribution in [3.05, 3.63) is 33.4 Å². The predicted octanol–water partition coefficient (Wildman–Crippen LogP) is 3.21. The summed E-state index contributed by atoms with van der Waals surface area (Å²) in [6.07, 6.45) is 0.920.